The number of carbonyl (C=O) groups is 2. The fourth-order valence-corrected chi connectivity index (χ4v) is 4.46. The van der Waals surface area contributed by atoms with Crippen molar-refractivity contribution in [2.45, 2.75) is 26.7 Å². The highest BCUT2D eigenvalue weighted by Gasteiger charge is 2.19. The van der Waals surface area contributed by atoms with Crippen LogP contribution >= 0.6 is 11.3 Å². The van der Waals surface area contributed by atoms with Crippen LogP contribution in [0.3, 0.4) is 0 Å². The van der Waals surface area contributed by atoms with Crippen LogP contribution in [-0.4, -0.2) is 45.8 Å². The molecule has 0 aliphatic heterocycles. The van der Waals surface area contributed by atoms with E-state index in [4.69, 9.17) is 9.47 Å². The standard InChI is InChI=1S/C25H24N4O4S/c1-3-11-32-24(30)18-9-5-7-16(13-18)20-15-21(23-26-28-29-27-23)34-22(20)17-8-6-10-19(14-17)25(31)33-12-4-2/h5-10,13-15H,3-4,11-12H2,1-2H3,(H,26,27,28,29). The molecule has 0 fully saturated rings. The van der Waals surface area contributed by atoms with E-state index in [0.29, 0.717) is 30.2 Å². The number of aromatic nitrogens is 4. The first-order chi connectivity index (χ1) is 16.6. The van der Waals surface area contributed by atoms with E-state index in [2.05, 4.69) is 20.6 Å². The lowest BCUT2D eigenvalue weighted by Gasteiger charge is -2.09. The largest absolute Gasteiger partial charge is 0.462 e. The second kappa shape index (κ2) is 10.8. The van der Waals surface area contributed by atoms with Gasteiger partial charge in [-0.2, -0.15) is 5.21 Å². The van der Waals surface area contributed by atoms with Gasteiger partial charge in [-0.1, -0.05) is 38.1 Å². The smallest absolute Gasteiger partial charge is 0.338 e. The van der Waals surface area contributed by atoms with Crippen LogP contribution in [0.1, 0.15) is 47.4 Å². The highest BCUT2D eigenvalue weighted by atomic mass is 32.1. The molecule has 9 heteroatoms. The predicted molar refractivity (Wildman–Crippen MR) is 130 cm³/mol. The zero-order chi connectivity index (χ0) is 23.9. The highest BCUT2D eigenvalue weighted by Crippen LogP contribution is 2.42. The molecule has 8 nitrogen and oxygen atoms in total. The topological polar surface area (TPSA) is 107 Å². The molecule has 0 radical (unpaired) electrons. The molecule has 2 aromatic heterocycles. The summed E-state index contributed by atoms with van der Waals surface area (Å²) in [4.78, 5) is 26.6. The summed E-state index contributed by atoms with van der Waals surface area (Å²) < 4.78 is 10.6. The number of ether oxygens (including phenoxy) is 2. The van der Waals surface area contributed by atoms with Crippen molar-refractivity contribution < 1.29 is 19.1 Å². The van der Waals surface area contributed by atoms with Crippen molar-refractivity contribution in [1.29, 1.82) is 0 Å². The van der Waals surface area contributed by atoms with E-state index in [1.165, 1.54) is 11.3 Å². The zero-order valence-corrected chi connectivity index (χ0v) is 19.7. The second-order valence-electron chi connectivity index (χ2n) is 7.52. The van der Waals surface area contributed by atoms with Gasteiger partial charge in [-0.05, 0) is 59.5 Å². The van der Waals surface area contributed by atoms with Crippen molar-refractivity contribution in [3.63, 3.8) is 0 Å². The number of H-pyrrole nitrogens is 1. The lowest BCUT2D eigenvalue weighted by molar-refractivity contribution is 0.0496. The molecule has 0 aliphatic rings. The van der Waals surface area contributed by atoms with Crippen molar-refractivity contribution in [1.82, 2.24) is 20.6 Å². The van der Waals surface area contributed by atoms with Gasteiger partial charge in [0, 0.05) is 10.4 Å². The third kappa shape index (κ3) is 5.20. The first kappa shape index (κ1) is 23.3. The van der Waals surface area contributed by atoms with Crippen molar-refractivity contribution in [2.24, 2.45) is 0 Å². The van der Waals surface area contributed by atoms with E-state index < -0.39 is 0 Å². The number of carbonyl (C=O) groups excluding carboxylic acids is 2. The molecule has 2 heterocycles. The highest BCUT2D eigenvalue weighted by molar-refractivity contribution is 7.19. The molecule has 0 amide bonds. The molecule has 0 saturated carbocycles. The van der Waals surface area contributed by atoms with Crippen molar-refractivity contribution >= 4 is 23.3 Å². The number of benzene rings is 2. The number of nitrogens with zero attached hydrogens (tertiary/aromatic N) is 3. The molecular weight excluding hydrogens is 452 g/mol. The average molecular weight is 477 g/mol. The average Bonchev–Trinajstić information content (AvgIpc) is 3.56. The van der Waals surface area contributed by atoms with Crippen molar-refractivity contribution in [2.75, 3.05) is 13.2 Å². The monoisotopic (exact) mass is 476 g/mol. The fourth-order valence-electron chi connectivity index (χ4n) is 3.35. The maximum atomic E-state index is 12.4. The van der Waals surface area contributed by atoms with Gasteiger partial charge in [-0.3, -0.25) is 0 Å². The Morgan fingerprint density at radius 2 is 1.50 bits per heavy atom. The normalized spacial score (nSPS) is 10.8. The number of thiophene rings is 1. The number of nitrogens with one attached hydrogen (secondary N) is 1. The molecule has 0 atom stereocenters. The number of aromatic amines is 1. The van der Waals surface area contributed by atoms with Crippen LogP contribution in [0.4, 0.5) is 0 Å². The third-order valence-corrected chi connectivity index (χ3v) is 6.12. The molecule has 0 aliphatic carbocycles. The Morgan fingerprint density at radius 1 is 0.882 bits per heavy atom. The maximum Gasteiger partial charge on any atom is 0.338 e. The summed E-state index contributed by atoms with van der Waals surface area (Å²) >= 11 is 1.48. The molecule has 4 aromatic rings. The second-order valence-corrected chi connectivity index (χ2v) is 8.57. The Bertz CT molecular complexity index is 1200. The third-order valence-electron chi connectivity index (χ3n) is 4.94. The van der Waals surface area contributed by atoms with Gasteiger partial charge in [0.25, 0.3) is 0 Å². The maximum absolute atomic E-state index is 12.4. The van der Waals surface area contributed by atoms with Gasteiger partial charge in [-0.25, -0.2) is 9.59 Å². The van der Waals surface area contributed by atoms with E-state index >= 15 is 0 Å². The molecule has 1 N–H and O–H groups in total. The zero-order valence-electron chi connectivity index (χ0n) is 18.9. The van der Waals surface area contributed by atoms with E-state index in [-0.39, 0.29) is 11.9 Å². The Morgan fingerprint density at radius 3 is 2.09 bits per heavy atom. The fraction of sp³-hybridized carbons (Fsp3) is 0.240. The number of esters is 2. The predicted octanol–water partition coefficient (Wildman–Crippen LogP) is 5.40. The molecule has 0 spiro atoms. The molecule has 0 saturated heterocycles. The molecular formula is C25H24N4O4S. The summed E-state index contributed by atoms with van der Waals surface area (Å²) in [5.74, 6) is -0.255. The van der Waals surface area contributed by atoms with Gasteiger partial charge < -0.3 is 9.47 Å². The van der Waals surface area contributed by atoms with Crippen LogP contribution in [0.25, 0.3) is 32.3 Å². The summed E-state index contributed by atoms with van der Waals surface area (Å²) in [6.07, 6.45) is 1.51. The quantitative estimate of drug-likeness (QED) is 0.322. The van der Waals surface area contributed by atoms with E-state index in [0.717, 1.165) is 39.3 Å². The van der Waals surface area contributed by atoms with Crippen LogP contribution in [-0.2, 0) is 9.47 Å². The minimum atomic E-state index is -0.362. The Balaban J connectivity index is 1.78. The molecule has 0 bridgehead atoms. The van der Waals surface area contributed by atoms with Gasteiger partial charge in [0.05, 0.1) is 29.2 Å². The van der Waals surface area contributed by atoms with Crippen LogP contribution in [0, 0.1) is 0 Å². The molecule has 174 valence electrons. The van der Waals surface area contributed by atoms with Gasteiger partial charge >= 0.3 is 11.9 Å². The summed E-state index contributed by atoms with van der Waals surface area (Å²) in [7, 11) is 0. The van der Waals surface area contributed by atoms with Gasteiger partial charge in [0.15, 0.2) is 0 Å². The first-order valence-electron chi connectivity index (χ1n) is 11.0. The molecule has 34 heavy (non-hydrogen) atoms. The summed E-state index contributed by atoms with van der Waals surface area (Å²) in [5, 5.41) is 14.3. The lowest BCUT2D eigenvalue weighted by Crippen LogP contribution is -2.06. The Hall–Kier alpha value is -3.85. The molecule has 4 rings (SSSR count). The number of hydrogen-bond donors (Lipinski definition) is 1. The summed E-state index contributed by atoms with van der Waals surface area (Å²) in [5.41, 5.74) is 3.52. The lowest BCUT2D eigenvalue weighted by atomic mass is 9.99. The summed E-state index contributed by atoms with van der Waals surface area (Å²) in [6.45, 7) is 4.64. The Kier molecular flexibility index (Phi) is 7.44. The van der Waals surface area contributed by atoms with Gasteiger partial charge in [-0.15, -0.1) is 21.5 Å². The van der Waals surface area contributed by atoms with Gasteiger partial charge in [0.1, 0.15) is 0 Å². The van der Waals surface area contributed by atoms with Crippen LogP contribution in [0.15, 0.2) is 54.6 Å². The SMILES string of the molecule is CCCOC(=O)c1cccc(-c2cc(-c3nn[nH]n3)sc2-c2cccc(C(=O)OCCC)c2)c1. The summed E-state index contributed by atoms with van der Waals surface area (Å²) in [6, 6.07) is 16.6. The molecule has 2 aromatic carbocycles. The van der Waals surface area contributed by atoms with Crippen molar-refractivity contribution in [3.05, 3.63) is 65.7 Å². The van der Waals surface area contributed by atoms with E-state index in [9.17, 15) is 9.59 Å². The first-order valence-corrected chi connectivity index (χ1v) is 11.8. The van der Waals surface area contributed by atoms with Crippen molar-refractivity contribution in [3.8, 4) is 32.3 Å². The number of tetrazole rings is 1. The van der Waals surface area contributed by atoms with Crippen LogP contribution < -0.4 is 0 Å². The minimum Gasteiger partial charge on any atom is -0.462 e. The van der Waals surface area contributed by atoms with Crippen LogP contribution in [0.2, 0.25) is 0 Å². The minimum absolute atomic E-state index is 0.360. The number of hydrogen-bond acceptors (Lipinski definition) is 8. The van der Waals surface area contributed by atoms with E-state index in [1.54, 1.807) is 12.1 Å². The molecule has 0 unspecified atom stereocenters. The Labute approximate surface area is 200 Å². The van der Waals surface area contributed by atoms with Gasteiger partial charge in [0.2, 0.25) is 5.82 Å². The van der Waals surface area contributed by atoms with Crippen LogP contribution in [0.5, 0.6) is 0 Å². The number of rotatable bonds is 9. The van der Waals surface area contributed by atoms with E-state index in [1.807, 2.05) is 56.3 Å².